The van der Waals surface area contributed by atoms with Gasteiger partial charge < -0.3 is 14.8 Å². The van der Waals surface area contributed by atoms with Gasteiger partial charge in [0.1, 0.15) is 5.76 Å². The van der Waals surface area contributed by atoms with Gasteiger partial charge in [-0.15, -0.1) is 0 Å². The third-order valence-electron chi connectivity index (χ3n) is 3.98. The van der Waals surface area contributed by atoms with Crippen molar-refractivity contribution in [1.82, 2.24) is 10.2 Å². The molecule has 1 amide bonds. The second-order valence-corrected chi connectivity index (χ2v) is 6.20. The Kier molecular flexibility index (Phi) is 4.13. The average Bonchev–Trinajstić information content (AvgIpc) is 3.29. The number of carboxylic acid groups (broad SMARTS) is 1. The van der Waals surface area contributed by atoms with Crippen molar-refractivity contribution >= 4 is 40.2 Å². The molecule has 2 heterocycles. The number of nitrogens with one attached hydrogen (secondary N) is 2. The molecule has 27 heavy (non-hydrogen) atoms. The fraction of sp³-hybridized carbons (Fsp3) is 0. The zero-order chi connectivity index (χ0) is 19.0. The van der Waals surface area contributed by atoms with E-state index in [9.17, 15) is 9.59 Å². The first-order chi connectivity index (χ1) is 13.0. The molecule has 0 spiro atoms. The predicted octanol–water partition coefficient (Wildman–Crippen LogP) is 4.43. The lowest BCUT2D eigenvalue weighted by Crippen LogP contribution is -2.12. The van der Waals surface area contributed by atoms with Gasteiger partial charge in [0.2, 0.25) is 5.76 Å². The highest BCUT2D eigenvalue weighted by Crippen LogP contribution is 2.29. The number of carboxylic acids is 1. The molecule has 0 unspecified atom stereocenters. The topological polar surface area (TPSA) is 108 Å². The van der Waals surface area contributed by atoms with E-state index in [-0.39, 0.29) is 11.7 Å². The van der Waals surface area contributed by atoms with Gasteiger partial charge in [-0.3, -0.25) is 9.89 Å². The molecule has 0 atom stereocenters. The van der Waals surface area contributed by atoms with Crippen LogP contribution < -0.4 is 5.32 Å². The number of nitrogens with zero attached hydrogens (tertiary/aromatic N) is 1. The lowest BCUT2D eigenvalue weighted by molar-refractivity contribution is 0.0663. The summed E-state index contributed by atoms with van der Waals surface area (Å²) in [5, 5.41) is 19.8. The first-order valence-corrected chi connectivity index (χ1v) is 8.27. The molecule has 0 saturated heterocycles. The van der Waals surface area contributed by atoms with Gasteiger partial charge in [-0.05, 0) is 48.5 Å². The zero-order valence-electron chi connectivity index (χ0n) is 13.7. The highest BCUT2D eigenvalue weighted by atomic mass is 35.5. The predicted molar refractivity (Wildman–Crippen MR) is 100 cm³/mol. The summed E-state index contributed by atoms with van der Waals surface area (Å²) in [5.74, 6) is -0.876. The summed E-state index contributed by atoms with van der Waals surface area (Å²) in [4.78, 5) is 23.4. The summed E-state index contributed by atoms with van der Waals surface area (Å²) in [7, 11) is 0. The smallest absolute Gasteiger partial charge is 0.371 e. The van der Waals surface area contributed by atoms with Crippen LogP contribution in [0.4, 0.5) is 5.82 Å². The molecule has 0 fully saturated rings. The zero-order valence-corrected chi connectivity index (χ0v) is 14.4. The number of aromatic nitrogens is 2. The van der Waals surface area contributed by atoms with Gasteiger partial charge >= 0.3 is 5.97 Å². The third kappa shape index (κ3) is 3.28. The van der Waals surface area contributed by atoms with Crippen LogP contribution in [0, 0.1) is 0 Å². The number of anilines is 1. The van der Waals surface area contributed by atoms with Gasteiger partial charge in [-0.2, -0.15) is 5.10 Å². The van der Waals surface area contributed by atoms with Crippen LogP contribution >= 0.6 is 11.6 Å². The lowest BCUT2D eigenvalue weighted by atomic mass is 10.1. The van der Waals surface area contributed by atoms with E-state index in [2.05, 4.69) is 15.5 Å². The van der Waals surface area contributed by atoms with E-state index in [0.717, 1.165) is 0 Å². The number of hydrogen-bond donors (Lipinski definition) is 3. The first-order valence-electron chi connectivity index (χ1n) is 7.90. The molecule has 7 nitrogen and oxygen atoms in total. The lowest BCUT2D eigenvalue weighted by Gasteiger charge is -2.04. The number of halogens is 1. The molecule has 8 heteroatoms. The molecule has 3 N–H and O–H groups in total. The van der Waals surface area contributed by atoms with Crippen LogP contribution in [-0.4, -0.2) is 27.2 Å². The maximum absolute atomic E-state index is 12.4. The minimum atomic E-state index is -1.14. The summed E-state index contributed by atoms with van der Waals surface area (Å²) in [6.07, 6.45) is 0. The van der Waals surface area contributed by atoms with Gasteiger partial charge in [0, 0.05) is 21.5 Å². The monoisotopic (exact) mass is 381 g/mol. The Hall–Kier alpha value is -3.58. The second-order valence-electron chi connectivity index (χ2n) is 5.77. The number of amides is 1. The number of aromatic amines is 1. The molecular weight excluding hydrogens is 370 g/mol. The van der Waals surface area contributed by atoms with Crippen LogP contribution in [0.15, 0.2) is 59.0 Å². The van der Waals surface area contributed by atoms with E-state index in [1.165, 1.54) is 6.07 Å². The van der Waals surface area contributed by atoms with Gasteiger partial charge in [0.15, 0.2) is 5.82 Å². The SMILES string of the molecule is O=C(Nc1n[nH]c2ccc(-c3ccc(C(=O)O)o3)cc12)c1cccc(Cl)c1. The van der Waals surface area contributed by atoms with Gasteiger partial charge in [0.25, 0.3) is 5.91 Å². The minimum absolute atomic E-state index is 0.147. The van der Waals surface area contributed by atoms with Crippen molar-refractivity contribution in [3.8, 4) is 11.3 Å². The maximum atomic E-state index is 12.4. The molecule has 0 saturated carbocycles. The normalized spacial score (nSPS) is 10.9. The first kappa shape index (κ1) is 16.9. The molecule has 2 aromatic heterocycles. The van der Waals surface area contributed by atoms with E-state index in [0.29, 0.717) is 38.6 Å². The van der Waals surface area contributed by atoms with E-state index < -0.39 is 5.97 Å². The van der Waals surface area contributed by atoms with Crippen LogP contribution in [-0.2, 0) is 0 Å². The molecule has 2 aromatic carbocycles. The van der Waals surface area contributed by atoms with Gasteiger partial charge in [-0.1, -0.05) is 17.7 Å². The standard InChI is InChI=1S/C19H12ClN3O4/c20-12-3-1-2-11(8-12)18(24)21-17-13-9-10(4-5-14(13)22-23-17)15-6-7-16(27-15)19(25)26/h1-9H,(H,25,26)(H2,21,22,23,24). The Morgan fingerprint density at radius 3 is 2.70 bits per heavy atom. The van der Waals surface area contributed by atoms with Crippen molar-refractivity contribution in [3.63, 3.8) is 0 Å². The molecule has 4 aromatic rings. The molecule has 4 rings (SSSR count). The Bertz CT molecular complexity index is 1180. The van der Waals surface area contributed by atoms with E-state index in [4.69, 9.17) is 21.1 Å². The highest BCUT2D eigenvalue weighted by Gasteiger charge is 2.15. The maximum Gasteiger partial charge on any atom is 0.371 e. The number of H-pyrrole nitrogens is 1. The average molecular weight is 382 g/mol. The number of hydrogen-bond acceptors (Lipinski definition) is 4. The Morgan fingerprint density at radius 2 is 1.96 bits per heavy atom. The van der Waals surface area contributed by atoms with Crippen molar-refractivity contribution in [1.29, 1.82) is 0 Å². The van der Waals surface area contributed by atoms with E-state index in [1.54, 1.807) is 48.5 Å². The summed E-state index contributed by atoms with van der Waals surface area (Å²) >= 11 is 5.92. The number of benzene rings is 2. The van der Waals surface area contributed by atoms with E-state index in [1.807, 2.05) is 0 Å². The summed E-state index contributed by atoms with van der Waals surface area (Å²) in [5.41, 5.74) is 1.78. The molecule has 134 valence electrons. The Morgan fingerprint density at radius 1 is 1.11 bits per heavy atom. The van der Waals surface area contributed by atoms with Gasteiger partial charge in [0.05, 0.1) is 5.52 Å². The number of aromatic carboxylic acids is 1. The highest BCUT2D eigenvalue weighted by molar-refractivity contribution is 6.31. The molecule has 0 bridgehead atoms. The van der Waals surface area contributed by atoms with Crippen molar-refractivity contribution in [3.05, 3.63) is 70.9 Å². The number of carbonyl (C=O) groups is 2. The summed E-state index contributed by atoms with van der Waals surface area (Å²) in [6.45, 7) is 0. The third-order valence-corrected chi connectivity index (χ3v) is 4.22. The number of fused-ring (bicyclic) bond motifs is 1. The van der Waals surface area contributed by atoms with Crippen molar-refractivity contribution in [2.75, 3.05) is 5.32 Å². The van der Waals surface area contributed by atoms with Crippen LogP contribution in [0.5, 0.6) is 0 Å². The summed E-state index contributed by atoms with van der Waals surface area (Å²) in [6, 6.07) is 14.9. The molecule has 0 aliphatic rings. The molecule has 0 radical (unpaired) electrons. The fourth-order valence-electron chi connectivity index (χ4n) is 2.68. The molecule has 0 aliphatic heterocycles. The Balaban J connectivity index is 1.67. The van der Waals surface area contributed by atoms with Gasteiger partial charge in [-0.25, -0.2) is 4.79 Å². The van der Waals surface area contributed by atoms with Crippen LogP contribution in [0.2, 0.25) is 5.02 Å². The van der Waals surface area contributed by atoms with Crippen molar-refractivity contribution in [2.24, 2.45) is 0 Å². The molecular formula is C19H12ClN3O4. The van der Waals surface area contributed by atoms with Crippen LogP contribution in [0.1, 0.15) is 20.9 Å². The van der Waals surface area contributed by atoms with Crippen molar-refractivity contribution < 1.29 is 19.1 Å². The quantitative estimate of drug-likeness (QED) is 0.484. The Labute approximate surface area is 157 Å². The summed E-state index contributed by atoms with van der Waals surface area (Å²) < 4.78 is 5.33. The number of carbonyl (C=O) groups excluding carboxylic acids is 1. The fourth-order valence-corrected chi connectivity index (χ4v) is 2.87. The largest absolute Gasteiger partial charge is 0.475 e. The van der Waals surface area contributed by atoms with Crippen LogP contribution in [0.3, 0.4) is 0 Å². The van der Waals surface area contributed by atoms with Crippen molar-refractivity contribution in [2.45, 2.75) is 0 Å². The second kappa shape index (κ2) is 6.62. The number of furan rings is 1. The number of rotatable bonds is 4. The van der Waals surface area contributed by atoms with Crippen LogP contribution in [0.25, 0.3) is 22.2 Å². The van der Waals surface area contributed by atoms with E-state index >= 15 is 0 Å². The minimum Gasteiger partial charge on any atom is -0.475 e. The molecule has 0 aliphatic carbocycles.